The van der Waals surface area contributed by atoms with Crippen LogP contribution in [0, 0.1) is 0 Å². The lowest BCUT2D eigenvalue weighted by molar-refractivity contribution is 0.0873. The van der Waals surface area contributed by atoms with Gasteiger partial charge in [-0.15, -0.1) is 0 Å². The molecule has 4 aromatic rings. The standard InChI is InChI=1S/C19H16N4O3/c24-16(12-4-2-1-3-5-12)11-21-18(25)19-22-17(23-26-19)14-6-7-15-13(10-14)8-9-20-15/h1-10,16,20,24H,11H2,(H,21,25). The Kier molecular flexibility index (Phi) is 4.20. The van der Waals surface area contributed by atoms with Crippen molar-refractivity contribution in [1.82, 2.24) is 20.4 Å². The van der Waals surface area contributed by atoms with Gasteiger partial charge in [-0.25, -0.2) is 0 Å². The molecule has 1 amide bonds. The molecule has 0 saturated heterocycles. The SMILES string of the molecule is O=C(NCC(O)c1ccccc1)c1nc(-c2ccc3[nH]ccc3c2)no1. The Morgan fingerprint density at radius 2 is 2.04 bits per heavy atom. The van der Waals surface area contributed by atoms with Gasteiger partial charge in [-0.3, -0.25) is 4.79 Å². The van der Waals surface area contributed by atoms with E-state index < -0.39 is 12.0 Å². The highest BCUT2D eigenvalue weighted by atomic mass is 16.5. The van der Waals surface area contributed by atoms with Crippen LogP contribution in [0.4, 0.5) is 0 Å². The smallest absolute Gasteiger partial charge is 0.316 e. The summed E-state index contributed by atoms with van der Waals surface area (Å²) in [6.07, 6.45) is 1.04. The molecule has 7 heteroatoms. The lowest BCUT2D eigenvalue weighted by Crippen LogP contribution is -2.28. The maximum Gasteiger partial charge on any atom is 0.316 e. The molecule has 0 aliphatic carbocycles. The molecule has 0 saturated carbocycles. The van der Waals surface area contributed by atoms with Crippen LogP contribution >= 0.6 is 0 Å². The summed E-state index contributed by atoms with van der Waals surface area (Å²) in [7, 11) is 0. The second kappa shape index (κ2) is 6.81. The molecule has 26 heavy (non-hydrogen) atoms. The molecular formula is C19H16N4O3. The zero-order chi connectivity index (χ0) is 17.9. The minimum absolute atomic E-state index is 0.0515. The van der Waals surface area contributed by atoms with Crippen LogP contribution in [0.2, 0.25) is 0 Å². The predicted molar refractivity (Wildman–Crippen MR) is 95.3 cm³/mol. The second-order valence-electron chi connectivity index (χ2n) is 5.84. The van der Waals surface area contributed by atoms with Crippen molar-refractivity contribution in [2.45, 2.75) is 6.10 Å². The number of aromatic nitrogens is 3. The lowest BCUT2D eigenvalue weighted by atomic mass is 10.1. The Bertz CT molecular complexity index is 1040. The number of hydrogen-bond acceptors (Lipinski definition) is 5. The third-order valence-corrected chi connectivity index (χ3v) is 4.07. The number of nitrogens with zero attached hydrogens (tertiary/aromatic N) is 2. The van der Waals surface area contributed by atoms with Gasteiger partial charge in [0, 0.05) is 29.2 Å². The Hall–Kier alpha value is -3.45. The van der Waals surface area contributed by atoms with Crippen molar-refractivity contribution in [3.63, 3.8) is 0 Å². The maximum absolute atomic E-state index is 12.2. The van der Waals surface area contributed by atoms with Gasteiger partial charge >= 0.3 is 11.8 Å². The molecule has 2 aromatic carbocycles. The van der Waals surface area contributed by atoms with Crippen LogP contribution in [0.3, 0.4) is 0 Å². The van der Waals surface area contributed by atoms with Gasteiger partial charge in [0.2, 0.25) is 5.82 Å². The van der Waals surface area contributed by atoms with Crippen molar-refractivity contribution < 1.29 is 14.4 Å². The summed E-state index contributed by atoms with van der Waals surface area (Å²) in [5.41, 5.74) is 2.48. The number of H-pyrrole nitrogens is 1. The number of nitrogens with one attached hydrogen (secondary N) is 2. The number of amides is 1. The highest BCUT2D eigenvalue weighted by Crippen LogP contribution is 2.21. The van der Waals surface area contributed by atoms with Gasteiger partial charge in [-0.1, -0.05) is 35.5 Å². The average molecular weight is 348 g/mol. The maximum atomic E-state index is 12.2. The minimum Gasteiger partial charge on any atom is -0.387 e. The quantitative estimate of drug-likeness (QED) is 0.514. The molecule has 0 aliphatic rings. The molecule has 0 aliphatic heterocycles. The van der Waals surface area contributed by atoms with E-state index in [0.29, 0.717) is 5.82 Å². The Morgan fingerprint density at radius 3 is 2.88 bits per heavy atom. The van der Waals surface area contributed by atoms with Gasteiger partial charge < -0.3 is 19.9 Å². The summed E-state index contributed by atoms with van der Waals surface area (Å²) in [4.78, 5) is 19.4. The Morgan fingerprint density at radius 1 is 1.19 bits per heavy atom. The molecular weight excluding hydrogens is 332 g/mol. The molecule has 1 atom stereocenters. The van der Waals surface area contributed by atoms with Gasteiger partial charge in [0.05, 0.1) is 6.10 Å². The summed E-state index contributed by atoms with van der Waals surface area (Å²) >= 11 is 0. The molecule has 0 fully saturated rings. The summed E-state index contributed by atoms with van der Waals surface area (Å²) in [6.45, 7) is 0.0515. The first kappa shape index (κ1) is 16.0. The molecule has 0 bridgehead atoms. The topological polar surface area (TPSA) is 104 Å². The van der Waals surface area contributed by atoms with E-state index in [1.54, 1.807) is 12.1 Å². The number of rotatable bonds is 5. The zero-order valence-corrected chi connectivity index (χ0v) is 13.7. The van der Waals surface area contributed by atoms with Crippen LogP contribution < -0.4 is 5.32 Å². The van der Waals surface area contributed by atoms with E-state index in [-0.39, 0.29) is 12.4 Å². The fourth-order valence-electron chi connectivity index (χ4n) is 2.68. The first-order valence-electron chi connectivity index (χ1n) is 8.13. The number of carbonyl (C=O) groups excluding carboxylic acids is 1. The van der Waals surface area contributed by atoms with E-state index in [1.165, 1.54) is 0 Å². The number of aliphatic hydroxyl groups is 1. The Balaban J connectivity index is 1.44. The summed E-state index contributed by atoms with van der Waals surface area (Å²) in [5.74, 6) is -0.335. The summed E-state index contributed by atoms with van der Waals surface area (Å²) in [6, 6.07) is 16.7. The molecule has 7 nitrogen and oxygen atoms in total. The van der Waals surface area contributed by atoms with Gasteiger partial charge in [0.15, 0.2) is 0 Å². The van der Waals surface area contributed by atoms with E-state index in [1.807, 2.05) is 48.7 Å². The van der Waals surface area contributed by atoms with Crippen LogP contribution in [-0.2, 0) is 0 Å². The van der Waals surface area contributed by atoms with Gasteiger partial charge in [-0.05, 0) is 29.8 Å². The minimum atomic E-state index is -0.807. The van der Waals surface area contributed by atoms with Crippen molar-refractivity contribution in [3.8, 4) is 11.4 Å². The van der Waals surface area contributed by atoms with E-state index in [2.05, 4.69) is 20.4 Å². The number of benzene rings is 2. The van der Waals surface area contributed by atoms with Crippen molar-refractivity contribution in [3.05, 3.63) is 72.2 Å². The Labute approximate surface area is 148 Å². The fourth-order valence-corrected chi connectivity index (χ4v) is 2.68. The number of hydrogen-bond donors (Lipinski definition) is 3. The van der Waals surface area contributed by atoms with Crippen LogP contribution in [0.25, 0.3) is 22.3 Å². The number of aliphatic hydroxyl groups excluding tert-OH is 1. The largest absolute Gasteiger partial charge is 0.387 e. The van der Waals surface area contributed by atoms with Gasteiger partial charge in [0.1, 0.15) is 0 Å². The molecule has 2 heterocycles. The molecule has 3 N–H and O–H groups in total. The third-order valence-electron chi connectivity index (χ3n) is 4.07. The summed E-state index contributed by atoms with van der Waals surface area (Å²) in [5, 5.41) is 17.6. The highest BCUT2D eigenvalue weighted by Gasteiger charge is 2.17. The second-order valence-corrected chi connectivity index (χ2v) is 5.84. The zero-order valence-electron chi connectivity index (χ0n) is 13.7. The molecule has 1 unspecified atom stereocenters. The van der Waals surface area contributed by atoms with E-state index in [9.17, 15) is 9.90 Å². The first-order chi connectivity index (χ1) is 12.7. The van der Waals surface area contributed by atoms with Crippen LogP contribution in [0.1, 0.15) is 22.4 Å². The van der Waals surface area contributed by atoms with Crippen LogP contribution in [0.5, 0.6) is 0 Å². The van der Waals surface area contributed by atoms with Crippen molar-refractivity contribution in [1.29, 1.82) is 0 Å². The van der Waals surface area contributed by atoms with Crippen molar-refractivity contribution in [2.75, 3.05) is 6.54 Å². The molecule has 0 spiro atoms. The van der Waals surface area contributed by atoms with Crippen LogP contribution in [0.15, 0.2) is 65.3 Å². The number of fused-ring (bicyclic) bond motifs is 1. The molecule has 0 radical (unpaired) electrons. The number of aromatic amines is 1. The molecule has 130 valence electrons. The first-order valence-corrected chi connectivity index (χ1v) is 8.13. The third kappa shape index (κ3) is 3.20. The van der Waals surface area contributed by atoms with E-state index in [0.717, 1.165) is 22.0 Å². The predicted octanol–water partition coefficient (Wildman–Crippen LogP) is 2.68. The van der Waals surface area contributed by atoms with Crippen LogP contribution in [-0.4, -0.2) is 32.7 Å². The van der Waals surface area contributed by atoms with Crippen molar-refractivity contribution >= 4 is 16.8 Å². The molecule has 2 aromatic heterocycles. The number of carbonyl (C=O) groups is 1. The summed E-state index contributed by atoms with van der Waals surface area (Å²) < 4.78 is 5.05. The lowest BCUT2D eigenvalue weighted by Gasteiger charge is -2.10. The average Bonchev–Trinajstić information content (AvgIpc) is 3.35. The van der Waals surface area contributed by atoms with Gasteiger partial charge in [-0.2, -0.15) is 4.98 Å². The highest BCUT2D eigenvalue weighted by molar-refractivity contribution is 5.90. The monoisotopic (exact) mass is 348 g/mol. The normalized spacial score (nSPS) is 12.2. The van der Waals surface area contributed by atoms with E-state index in [4.69, 9.17) is 4.52 Å². The molecule has 4 rings (SSSR count). The van der Waals surface area contributed by atoms with Gasteiger partial charge in [0.25, 0.3) is 0 Å². The van der Waals surface area contributed by atoms with Crippen molar-refractivity contribution in [2.24, 2.45) is 0 Å². The fraction of sp³-hybridized carbons (Fsp3) is 0.105. The van der Waals surface area contributed by atoms with E-state index >= 15 is 0 Å².